The average molecular weight is 150 g/mol. The molecule has 0 aliphatic carbocycles. The third kappa shape index (κ3) is 6.53. The fourth-order valence-electron chi connectivity index (χ4n) is 0.450. The monoisotopic (exact) mass is 150 g/mol. The van der Waals surface area contributed by atoms with Gasteiger partial charge in [0.15, 0.2) is 0 Å². The Hall–Kier alpha value is 0.527. The standard InChI is InChI=1S/C5H14OSSi/c1-2-6-4-3-5-7-8/h2-5H2,1,8H3. The zero-order chi connectivity index (χ0) is 6.24. The van der Waals surface area contributed by atoms with Crippen molar-refractivity contribution in [2.75, 3.05) is 19.0 Å². The minimum absolute atomic E-state index is 0.867. The first-order chi connectivity index (χ1) is 3.91. The van der Waals surface area contributed by atoms with Crippen LogP contribution in [0.5, 0.6) is 0 Å². The Kier molecular flexibility index (Phi) is 8.02. The Morgan fingerprint density at radius 1 is 1.62 bits per heavy atom. The predicted molar refractivity (Wildman–Crippen MR) is 43.5 cm³/mol. The summed E-state index contributed by atoms with van der Waals surface area (Å²) in [5.41, 5.74) is 0. The summed E-state index contributed by atoms with van der Waals surface area (Å²) in [5.74, 6) is 1.28. The van der Waals surface area contributed by atoms with E-state index < -0.39 is 0 Å². The Bertz CT molecular complexity index is 37.4. The molecule has 0 saturated heterocycles. The van der Waals surface area contributed by atoms with Crippen LogP contribution in [0.4, 0.5) is 0 Å². The van der Waals surface area contributed by atoms with Gasteiger partial charge in [0.2, 0.25) is 0 Å². The predicted octanol–water partition coefficient (Wildman–Crippen LogP) is 0.427. The lowest BCUT2D eigenvalue weighted by Gasteiger charge is -1.96. The molecular formula is C5H14OSSi. The molecule has 0 aliphatic rings. The van der Waals surface area contributed by atoms with Crippen molar-refractivity contribution in [2.45, 2.75) is 13.3 Å². The quantitative estimate of drug-likeness (QED) is 0.415. The van der Waals surface area contributed by atoms with Gasteiger partial charge in [0.1, 0.15) is 0 Å². The van der Waals surface area contributed by atoms with Crippen LogP contribution in [0.3, 0.4) is 0 Å². The van der Waals surface area contributed by atoms with Crippen molar-refractivity contribution in [2.24, 2.45) is 0 Å². The van der Waals surface area contributed by atoms with Crippen molar-refractivity contribution in [1.82, 2.24) is 0 Å². The van der Waals surface area contributed by atoms with Gasteiger partial charge in [-0.05, 0) is 19.1 Å². The molecule has 1 nitrogen and oxygen atoms in total. The third-order valence-electron chi connectivity index (χ3n) is 0.841. The molecule has 0 radical (unpaired) electrons. The SMILES string of the molecule is CCOCCCS[SiH3]. The molecule has 0 N–H and O–H groups in total. The lowest BCUT2D eigenvalue weighted by atomic mass is 10.5. The van der Waals surface area contributed by atoms with Crippen LogP contribution in [0.25, 0.3) is 0 Å². The van der Waals surface area contributed by atoms with Crippen LogP contribution >= 0.6 is 11.2 Å². The lowest BCUT2D eigenvalue weighted by Crippen LogP contribution is -1.93. The van der Waals surface area contributed by atoms with E-state index in [1.807, 2.05) is 18.1 Å². The Morgan fingerprint density at radius 3 is 2.88 bits per heavy atom. The van der Waals surface area contributed by atoms with Crippen LogP contribution in [0.1, 0.15) is 13.3 Å². The fraction of sp³-hybridized carbons (Fsp3) is 1.00. The summed E-state index contributed by atoms with van der Waals surface area (Å²) >= 11 is 2.01. The number of rotatable bonds is 5. The smallest absolute Gasteiger partial charge is 0.0694 e. The highest BCUT2D eigenvalue weighted by atomic mass is 32.4. The first-order valence-corrected chi connectivity index (χ1v) is 6.82. The summed E-state index contributed by atoms with van der Waals surface area (Å²) in [4.78, 5) is 0. The van der Waals surface area contributed by atoms with Crippen molar-refractivity contribution < 1.29 is 4.74 Å². The van der Waals surface area contributed by atoms with E-state index in [2.05, 4.69) is 0 Å². The molecule has 50 valence electrons. The summed E-state index contributed by atoms with van der Waals surface area (Å²) in [6.45, 7) is 3.85. The molecule has 3 heteroatoms. The molecule has 0 spiro atoms. The highest BCUT2D eigenvalue weighted by molar-refractivity contribution is 8.19. The van der Waals surface area contributed by atoms with Crippen molar-refractivity contribution in [3.8, 4) is 0 Å². The summed E-state index contributed by atoms with van der Waals surface area (Å²) in [7, 11) is 1.27. The van der Waals surface area contributed by atoms with E-state index in [4.69, 9.17) is 4.74 Å². The van der Waals surface area contributed by atoms with Crippen LogP contribution in [-0.4, -0.2) is 28.4 Å². The molecule has 0 bridgehead atoms. The summed E-state index contributed by atoms with van der Waals surface area (Å²) in [6, 6.07) is 0. The second kappa shape index (κ2) is 7.53. The van der Waals surface area contributed by atoms with E-state index in [0.29, 0.717) is 0 Å². The molecule has 0 aliphatic heterocycles. The molecule has 0 heterocycles. The Balaban J connectivity index is 2.53. The Morgan fingerprint density at radius 2 is 2.38 bits per heavy atom. The topological polar surface area (TPSA) is 9.23 Å². The van der Waals surface area contributed by atoms with Crippen LogP contribution in [-0.2, 0) is 4.74 Å². The zero-order valence-corrected chi connectivity index (χ0v) is 8.46. The summed E-state index contributed by atoms with van der Waals surface area (Å²) < 4.78 is 5.14. The molecule has 0 amide bonds. The minimum atomic E-state index is 0.867. The van der Waals surface area contributed by atoms with Crippen LogP contribution in [0, 0.1) is 0 Å². The molecule has 0 unspecified atom stereocenters. The fourth-order valence-corrected chi connectivity index (χ4v) is 1.72. The van der Waals surface area contributed by atoms with Crippen LogP contribution in [0.2, 0.25) is 0 Å². The van der Waals surface area contributed by atoms with E-state index in [0.717, 1.165) is 13.2 Å². The van der Waals surface area contributed by atoms with Crippen molar-refractivity contribution in [3.05, 3.63) is 0 Å². The maximum Gasteiger partial charge on any atom is 0.0694 e. The number of ether oxygens (including phenoxy) is 1. The first-order valence-electron chi connectivity index (χ1n) is 2.98. The van der Waals surface area contributed by atoms with Gasteiger partial charge in [-0.1, -0.05) is 0 Å². The maximum absolute atomic E-state index is 5.14. The molecule has 0 fully saturated rings. The second-order valence-electron chi connectivity index (χ2n) is 1.54. The average Bonchev–Trinajstić information content (AvgIpc) is 1.81. The van der Waals surface area contributed by atoms with E-state index in [9.17, 15) is 0 Å². The molecule has 0 aromatic carbocycles. The molecular weight excluding hydrogens is 136 g/mol. The Labute approximate surface area is 58.3 Å². The summed E-state index contributed by atoms with van der Waals surface area (Å²) in [5, 5.41) is 0. The van der Waals surface area contributed by atoms with Gasteiger partial charge in [-0.15, -0.1) is 0 Å². The molecule has 0 rings (SSSR count). The first kappa shape index (κ1) is 8.53. The molecule has 0 aromatic rings. The van der Waals surface area contributed by atoms with Crippen molar-refractivity contribution in [3.63, 3.8) is 0 Å². The van der Waals surface area contributed by atoms with Gasteiger partial charge in [0.25, 0.3) is 0 Å². The van der Waals surface area contributed by atoms with E-state index >= 15 is 0 Å². The zero-order valence-electron chi connectivity index (χ0n) is 5.64. The second-order valence-corrected chi connectivity index (χ2v) is 4.26. The largest absolute Gasteiger partial charge is 0.382 e. The molecule has 0 saturated carbocycles. The highest BCUT2D eigenvalue weighted by Gasteiger charge is 1.82. The molecule has 0 aromatic heterocycles. The third-order valence-corrected chi connectivity index (χ3v) is 2.76. The number of hydrogen-bond acceptors (Lipinski definition) is 2. The van der Waals surface area contributed by atoms with Crippen molar-refractivity contribution in [1.29, 1.82) is 0 Å². The van der Waals surface area contributed by atoms with Gasteiger partial charge in [0, 0.05) is 13.2 Å². The van der Waals surface area contributed by atoms with Gasteiger partial charge in [-0.25, -0.2) is 0 Å². The highest BCUT2D eigenvalue weighted by Crippen LogP contribution is 1.93. The minimum Gasteiger partial charge on any atom is -0.382 e. The van der Waals surface area contributed by atoms with E-state index in [1.54, 1.807) is 0 Å². The van der Waals surface area contributed by atoms with E-state index in [-0.39, 0.29) is 0 Å². The van der Waals surface area contributed by atoms with Gasteiger partial charge in [-0.3, -0.25) is 0 Å². The summed E-state index contributed by atoms with van der Waals surface area (Å²) in [6.07, 6.45) is 1.22. The molecule has 8 heavy (non-hydrogen) atoms. The van der Waals surface area contributed by atoms with Crippen LogP contribution < -0.4 is 0 Å². The number of hydrogen-bond donors (Lipinski definition) is 0. The van der Waals surface area contributed by atoms with Gasteiger partial charge < -0.3 is 4.74 Å². The van der Waals surface area contributed by atoms with E-state index in [1.165, 1.54) is 21.6 Å². The van der Waals surface area contributed by atoms with Gasteiger partial charge in [0.05, 0.1) is 9.39 Å². The van der Waals surface area contributed by atoms with Crippen molar-refractivity contribution >= 4 is 20.6 Å². The normalized spacial score (nSPS) is 10.1. The lowest BCUT2D eigenvalue weighted by molar-refractivity contribution is 0.149. The maximum atomic E-state index is 5.14. The molecule has 0 atom stereocenters. The van der Waals surface area contributed by atoms with Crippen LogP contribution in [0.15, 0.2) is 0 Å². The van der Waals surface area contributed by atoms with Gasteiger partial charge >= 0.3 is 0 Å². The van der Waals surface area contributed by atoms with Gasteiger partial charge in [-0.2, -0.15) is 11.2 Å².